The van der Waals surface area contributed by atoms with Crippen molar-refractivity contribution in [1.82, 2.24) is 10.2 Å². The predicted molar refractivity (Wildman–Crippen MR) is 101 cm³/mol. The standard InChI is InChI=1S/C20H25N3O4/c21-19(25)18-9-8-17(27-18)14-4-6-15(7-5-14)20(26)22-10-2-12-23-11-1-3-16(24)13-23/h4-9,16,24H,1-3,10-13H2,(H2,21,25)(H,22,26)/t16-/m1/s1. The second kappa shape index (κ2) is 8.83. The Balaban J connectivity index is 1.46. The fourth-order valence-electron chi connectivity index (χ4n) is 3.25. The van der Waals surface area contributed by atoms with Crippen molar-refractivity contribution in [2.45, 2.75) is 25.4 Å². The minimum absolute atomic E-state index is 0.105. The van der Waals surface area contributed by atoms with Gasteiger partial charge in [0.05, 0.1) is 6.10 Å². The Morgan fingerprint density at radius 3 is 2.67 bits per heavy atom. The van der Waals surface area contributed by atoms with Crippen molar-refractivity contribution in [3.05, 3.63) is 47.7 Å². The molecule has 1 saturated heterocycles. The van der Waals surface area contributed by atoms with Crippen molar-refractivity contribution >= 4 is 11.8 Å². The number of hydrogen-bond donors (Lipinski definition) is 3. The van der Waals surface area contributed by atoms with E-state index in [9.17, 15) is 14.7 Å². The van der Waals surface area contributed by atoms with Gasteiger partial charge >= 0.3 is 0 Å². The molecule has 27 heavy (non-hydrogen) atoms. The van der Waals surface area contributed by atoms with E-state index in [1.807, 2.05) is 0 Å². The number of primary amides is 1. The highest BCUT2D eigenvalue weighted by molar-refractivity contribution is 5.94. The van der Waals surface area contributed by atoms with Crippen LogP contribution < -0.4 is 11.1 Å². The van der Waals surface area contributed by atoms with Crippen molar-refractivity contribution < 1.29 is 19.1 Å². The lowest BCUT2D eigenvalue weighted by Gasteiger charge is -2.29. The number of aliphatic hydroxyl groups excluding tert-OH is 1. The molecule has 144 valence electrons. The second-order valence-electron chi connectivity index (χ2n) is 6.81. The number of nitrogens with one attached hydrogen (secondary N) is 1. The van der Waals surface area contributed by atoms with Gasteiger partial charge < -0.3 is 25.5 Å². The lowest BCUT2D eigenvalue weighted by Crippen LogP contribution is -2.39. The fraction of sp³-hybridized carbons (Fsp3) is 0.400. The number of hydrogen-bond acceptors (Lipinski definition) is 5. The minimum Gasteiger partial charge on any atom is -0.451 e. The molecule has 1 aromatic heterocycles. The Morgan fingerprint density at radius 1 is 1.22 bits per heavy atom. The quantitative estimate of drug-likeness (QED) is 0.641. The summed E-state index contributed by atoms with van der Waals surface area (Å²) >= 11 is 0. The number of aliphatic hydroxyl groups is 1. The number of rotatable bonds is 7. The summed E-state index contributed by atoms with van der Waals surface area (Å²) in [5.41, 5.74) is 6.51. The van der Waals surface area contributed by atoms with Crippen LogP contribution in [-0.2, 0) is 0 Å². The Labute approximate surface area is 158 Å². The third kappa shape index (κ3) is 5.18. The Bertz CT molecular complexity index is 785. The van der Waals surface area contributed by atoms with Crippen LogP contribution in [-0.4, -0.2) is 54.1 Å². The number of β-amino-alcohol motifs (C(OH)–C–C–N with tert-alkyl or cyclic N) is 1. The SMILES string of the molecule is NC(=O)c1ccc(-c2ccc(C(=O)NCCCN3CCC[C@@H](O)C3)cc2)o1. The zero-order chi connectivity index (χ0) is 19.2. The van der Waals surface area contributed by atoms with Gasteiger partial charge in [-0.15, -0.1) is 0 Å². The fourth-order valence-corrected chi connectivity index (χ4v) is 3.25. The highest BCUT2D eigenvalue weighted by Crippen LogP contribution is 2.22. The normalized spacial score (nSPS) is 17.6. The van der Waals surface area contributed by atoms with Gasteiger partial charge in [-0.05, 0) is 56.6 Å². The van der Waals surface area contributed by atoms with Gasteiger partial charge in [-0.25, -0.2) is 0 Å². The summed E-state index contributed by atoms with van der Waals surface area (Å²) in [6.45, 7) is 3.20. The number of likely N-dealkylation sites (tertiary alicyclic amines) is 1. The molecule has 2 amide bonds. The Morgan fingerprint density at radius 2 is 2.00 bits per heavy atom. The van der Waals surface area contributed by atoms with Gasteiger partial charge in [0.1, 0.15) is 5.76 Å². The summed E-state index contributed by atoms with van der Waals surface area (Å²) in [6.07, 6.45) is 2.53. The summed E-state index contributed by atoms with van der Waals surface area (Å²) in [5.74, 6) is -0.110. The number of piperidine rings is 1. The van der Waals surface area contributed by atoms with E-state index >= 15 is 0 Å². The first-order chi connectivity index (χ1) is 13.0. The van der Waals surface area contributed by atoms with Crippen LogP contribution in [0.4, 0.5) is 0 Å². The largest absolute Gasteiger partial charge is 0.451 e. The van der Waals surface area contributed by atoms with Crippen molar-refractivity contribution in [2.24, 2.45) is 5.73 Å². The smallest absolute Gasteiger partial charge is 0.284 e. The Hall–Kier alpha value is -2.64. The number of benzene rings is 1. The second-order valence-corrected chi connectivity index (χ2v) is 6.81. The van der Waals surface area contributed by atoms with Crippen LogP contribution in [0.2, 0.25) is 0 Å². The van der Waals surface area contributed by atoms with Gasteiger partial charge in [0.2, 0.25) is 0 Å². The molecule has 1 aliphatic heterocycles. The number of nitrogens with zero attached hydrogens (tertiary/aromatic N) is 1. The molecule has 1 aromatic carbocycles. The van der Waals surface area contributed by atoms with Crippen LogP contribution >= 0.6 is 0 Å². The van der Waals surface area contributed by atoms with Crippen LogP contribution in [0.1, 0.15) is 40.2 Å². The van der Waals surface area contributed by atoms with E-state index in [-0.39, 0.29) is 17.8 Å². The topological polar surface area (TPSA) is 109 Å². The monoisotopic (exact) mass is 371 g/mol. The van der Waals surface area contributed by atoms with E-state index in [0.29, 0.717) is 17.9 Å². The number of furan rings is 1. The molecule has 0 saturated carbocycles. The molecule has 7 nitrogen and oxygen atoms in total. The number of amides is 2. The molecule has 0 bridgehead atoms. The van der Waals surface area contributed by atoms with Crippen molar-refractivity contribution in [3.8, 4) is 11.3 Å². The summed E-state index contributed by atoms with van der Waals surface area (Å²) in [4.78, 5) is 25.6. The lowest BCUT2D eigenvalue weighted by molar-refractivity contribution is 0.0697. The molecular formula is C20H25N3O4. The van der Waals surface area contributed by atoms with Gasteiger partial charge in [0.15, 0.2) is 5.76 Å². The first-order valence-corrected chi connectivity index (χ1v) is 9.21. The highest BCUT2D eigenvalue weighted by Gasteiger charge is 2.17. The van der Waals surface area contributed by atoms with Crippen LogP contribution in [0, 0.1) is 0 Å². The van der Waals surface area contributed by atoms with Gasteiger partial charge in [-0.1, -0.05) is 12.1 Å². The minimum atomic E-state index is -0.615. The van der Waals surface area contributed by atoms with Crippen molar-refractivity contribution in [3.63, 3.8) is 0 Å². The van der Waals surface area contributed by atoms with Crippen LogP contribution in [0.15, 0.2) is 40.8 Å². The van der Waals surface area contributed by atoms with E-state index in [0.717, 1.165) is 44.5 Å². The van der Waals surface area contributed by atoms with Crippen molar-refractivity contribution in [2.75, 3.05) is 26.2 Å². The molecule has 1 fully saturated rings. The number of carbonyl (C=O) groups excluding carboxylic acids is 2. The summed E-state index contributed by atoms with van der Waals surface area (Å²) < 4.78 is 5.38. The van der Waals surface area contributed by atoms with Crippen LogP contribution in [0.25, 0.3) is 11.3 Å². The third-order valence-electron chi connectivity index (χ3n) is 4.70. The summed E-state index contributed by atoms with van der Waals surface area (Å²) in [7, 11) is 0. The van der Waals surface area contributed by atoms with Crippen molar-refractivity contribution in [1.29, 1.82) is 0 Å². The molecule has 7 heteroatoms. The molecule has 0 radical (unpaired) electrons. The summed E-state index contributed by atoms with van der Waals surface area (Å²) in [5, 5.41) is 12.6. The maximum Gasteiger partial charge on any atom is 0.284 e. The average molecular weight is 371 g/mol. The van der Waals surface area contributed by atoms with Crippen LogP contribution in [0.3, 0.4) is 0 Å². The first-order valence-electron chi connectivity index (χ1n) is 9.21. The van der Waals surface area contributed by atoms with E-state index in [1.54, 1.807) is 30.3 Å². The maximum absolute atomic E-state index is 12.2. The molecule has 3 rings (SSSR count). The zero-order valence-electron chi connectivity index (χ0n) is 15.2. The molecular weight excluding hydrogens is 346 g/mol. The molecule has 2 aromatic rings. The molecule has 1 aliphatic rings. The third-order valence-corrected chi connectivity index (χ3v) is 4.70. The number of carbonyl (C=O) groups is 2. The van der Waals surface area contributed by atoms with E-state index < -0.39 is 5.91 Å². The average Bonchev–Trinajstić information content (AvgIpc) is 3.16. The van der Waals surface area contributed by atoms with E-state index in [2.05, 4.69) is 10.2 Å². The van der Waals surface area contributed by atoms with E-state index in [1.165, 1.54) is 6.07 Å². The first kappa shape index (κ1) is 19.1. The maximum atomic E-state index is 12.2. The van der Waals surface area contributed by atoms with Gasteiger partial charge in [0, 0.05) is 24.2 Å². The summed E-state index contributed by atoms with van der Waals surface area (Å²) in [6, 6.07) is 10.2. The molecule has 2 heterocycles. The van der Waals surface area contributed by atoms with Gasteiger partial charge in [-0.3, -0.25) is 9.59 Å². The lowest BCUT2D eigenvalue weighted by atomic mass is 10.1. The number of nitrogens with two attached hydrogens (primary N) is 1. The Kier molecular flexibility index (Phi) is 6.26. The predicted octanol–water partition coefficient (Wildman–Crippen LogP) is 1.62. The molecule has 0 unspecified atom stereocenters. The molecule has 0 aliphatic carbocycles. The van der Waals surface area contributed by atoms with E-state index in [4.69, 9.17) is 10.2 Å². The van der Waals surface area contributed by atoms with Gasteiger partial charge in [0.25, 0.3) is 11.8 Å². The highest BCUT2D eigenvalue weighted by atomic mass is 16.3. The zero-order valence-corrected chi connectivity index (χ0v) is 15.2. The molecule has 1 atom stereocenters. The van der Waals surface area contributed by atoms with Crippen LogP contribution in [0.5, 0.6) is 0 Å². The molecule has 4 N–H and O–H groups in total. The molecule has 0 spiro atoms. The van der Waals surface area contributed by atoms with Gasteiger partial charge in [-0.2, -0.15) is 0 Å².